The van der Waals surface area contributed by atoms with Crippen molar-refractivity contribution in [2.24, 2.45) is 0 Å². The molecular weight excluding hydrogens is 417 g/mol. The third-order valence-corrected chi connectivity index (χ3v) is 5.78. The Hall–Kier alpha value is -3.45. The normalized spacial score (nSPS) is 11.9. The number of ether oxygens (including phenoxy) is 1. The number of carbonyl (C=O) groups is 2. The van der Waals surface area contributed by atoms with Crippen LogP contribution in [0.2, 0.25) is 0 Å². The zero-order valence-electron chi connectivity index (χ0n) is 16.8. The first-order valence-electron chi connectivity index (χ1n) is 9.70. The SMILES string of the molecule is Cc1ccc2c(CC(=O)OCC(=O)NC(c3ccc(F)cc3)c3cccs3)coc2c1. The molecule has 31 heavy (non-hydrogen) atoms. The number of furan rings is 1. The third kappa shape index (κ3) is 5.00. The summed E-state index contributed by atoms with van der Waals surface area (Å²) in [6.45, 7) is 1.56. The van der Waals surface area contributed by atoms with Gasteiger partial charge in [-0.2, -0.15) is 0 Å². The van der Waals surface area contributed by atoms with Crippen molar-refractivity contribution >= 4 is 34.2 Å². The Labute approximate surface area is 182 Å². The Bertz CT molecular complexity index is 1200. The van der Waals surface area contributed by atoms with Crippen LogP contribution in [0, 0.1) is 12.7 Å². The predicted molar refractivity (Wildman–Crippen MR) is 116 cm³/mol. The van der Waals surface area contributed by atoms with Crippen LogP contribution in [0.3, 0.4) is 0 Å². The minimum atomic E-state index is -0.520. The highest BCUT2D eigenvalue weighted by Crippen LogP contribution is 2.26. The van der Waals surface area contributed by atoms with E-state index in [0.717, 1.165) is 21.4 Å². The summed E-state index contributed by atoms with van der Waals surface area (Å²) in [6.07, 6.45) is 1.54. The molecule has 4 rings (SSSR count). The number of carbonyl (C=O) groups excluding carboxylic acids is 2. The van der Waals surface area contributed by atoms with Crippen molar-refractivity contribution in [1.82, 2.24) is 5.32 Å². The lowest BCUT2D eigenvalue weighted by Gasteiger charge is -2.18. The topological polar surface area (TPSA) is 68.5 Å². The molecule has 2 heterocycles. The van der Waals surface area contributed by atoms with E-state index in [1.165, 1.54) is 29.7 Å². The van der Waals surface area contributed by atoms with Crippen molar-refractivity contribution in [3.8, 4) is 0 Å². The molecule has 0 spiro atoms. The maximum absolute atomic E-state index is 13.3. The molecular formula is C24H20FNO4S. The van der Waals surface area contributed by atoms with Gasteiger partial charge in [0.15, 0.2) is 6.61 Å². The van der Waals surface area contributed by atoms with Crippen LogP contribution in [0.25, 0.3) is 11.0 Å². The van der Waals surface area contributed by atoms with Crippen molar-refractivity contribution in [1.29, 1.82) is 0 Å². The van der Waals surface area contributed by atoms with Gasteiger partial charge in [-0.3, -0.25) is 9.59 Å². The van der Waals surface area contributed by atoms with Gasteiger partial charge in [0.25, 0.3) is 5.91 Å². The van der Waals surface area contributed by atoms with E-state index in [2.05, 4.69) is 5.32 Å². The molecule has 2 aromatic carbocycles. The van der Waals surface area contributed by atoms with Crippen molar-refractivity contribution in [2.45, 2.75) is 19.4 Å². The van der Waals surface area contributed by atoms with Gasteiger partial charge in [0.1, 0.15) is 11.4 Å². The summed E-state index contributed by atoms with van der Waals surface area (Å²) in [5, 5.41) is 5.60. The molecule has 2 aromatic heterocycles. The summed E-state index contributed by atoms with van der Waals surface area (Å²) in [7, 11) is 0. The minimum absolute atomic E-state index is 0.00958. The summed E-state index contributed by atoms with van der Waals surface area (Å²) < 4.78 is 24.0. The first-order valence-corrected chi connectivity index (χ1v) is 10.6. The zero-order chi connectivity index (χ0) is 21.8. The molecule has 7 heteroatoms. The molecule has 0 aliphatic heterocycles. The van der Waals surface area contributed by atoms with Crippen molar-refractivity contribution in [2.75, 3.05) is 6.61 Å². The van der Waals surface area contributed by atoms with Gasteiger partial charge in [-0.1, -0.05) is 30.3 Å². The fraction of sp³-hybridized carbons (Fsp3) is 0.167. The number of amides is 1. The van der Waals surface area contributed by atoms with E-state index in [-0.39, 0.29) is 12.2 Å². The van der Waals surface area contributed by atoms with E-state index < -0.39 is 24.5 Å². The van der Waals surface area contributed by atoms with Crippen molar-refractivity contribution in [3.05, 3.63) is 93.6 Å². The van der Waals surface area contributed by atoms with Gasteiger partial charge in [0.2, 0.25) is 0 Å². The fourth-order valence-electron chi connectivity index (χ4n) is 3.31. The van der Waals surface area contributed by atoms with Crippen LogP contribution in [-0.4, -0.2) is 18.5 Å². The molecule has 158 valence electrons. The highest BCUT2D eigenvalue weighted by molar-refractivity contribution is 7.10. The Morgan fingerprint density at radius 1 is 1.16 bits per heavy atom. The Balaban J connectivity index is 1.37. The summed E-state index contributed by atoms with van der Waals surface area (Å²) in [6, 6.07) is 15.0. The van der Waals surface area contributed by atoms with Crippen molar-refractivity contribution < 1.29 is 23.1 Å². The number of nitrogens with one attached hydrogen (secondary N) is 1. The molecule has 1 atom stereocenters. The number of rotatable bonds is 7. The van der Waals surface area contributed by atoms with Gasteiger partial charge in [-0.25, -0.2) is 4.39 Å². The molecule has 1 amide bonds. The number of thiophene rings is 1. The number of hydrogen-bond acceptors (Lipinski definition) is 5. The average molecular weight is 437 g/mol. The number of hydrogen-bond donors (Lipinski definition) is 1. The maximum atomic E-state index is 13.3. The number of fused-ring (bicyclic) bond motifs is 1. The highest BCUT2D eigenvalue weighted by Gasteiger charge is 2.19. The van der Waals surface area contributed by atoms with Gasteiger partial charge in [-0.15, -0.1) is 11.3 Å². The van der Waals surface area contributed by atoms with E-state index in [9.17, 15) is 14.0 Å². The quantitative estimate of drug-likeness (QED) is 0.416. The Kier molecular flexibility index (Phi) is 6.13. The van der Waals surface area contributed by atoms with Gasteiger partial charge < -0.3 is 14.5 Å². The lowest BCUT2D eigenvalue weighted by molar-refractivity contribution is -0.148. The molecule has 0 aliphatic rings. The van der Waals surface area contributed by atoms with Gasteiger partial charge in [-0.05, 0) is 47.7 Å². The summed E-state index contributed by atoms with van der Waals surface area (Å²) in [4.78, 5) is 25.6. The third-order valence-electron chi connectivity index (χ3n) is 4.85. The van der Waals surface area contributed by atoms with E-state index >= 15 is 0 Å². The molecule has 0 bridgehead atoms. The lowest BCUT2D eigenvalue weighted by atomic mass is 10.1. The first kappa shape index (κ1) is 20.8. The molecule has 0 fully saturated rings. The molecule has 1 unspecified atom stereocenters. The van der Waals surface area contributed by atoms with Crippen LogP contribution in [0.15, 0.2) is 70.7 Å². The van der Waals surface area contributed by atoms with E-state index in [0.29, 0.717) is 11.1 Å². The van der Waals surface area contributed by atoms with Crippen LogP contribution < -0.4 is 5.32 Å². The second-order valence-electron chi connectivity index (χ2n) is 7.17. The molecule has 0 radical (unpaired) electrons. The van der Waals surface area contributed by atoms with E-state index in [4.69, 9.17) is 9.15 Å². The maximum Gasteiger partial charge on any atom is 0.310 e. The van der Waals surface area contributed by atoms with E-state index in [1.807, 2.05) is 42.6 Å². The fourth-order valence-corrected chi connectivity index (χ4v) is 4.11. The average Bonchev–Trinajstić information content (AvgIpc) is 3.42. The predicted octanol–water partition coefficient (Wildman–Crippen LogP) is 4.93. The summed E-state index contributed by atoms with van der Waals surface area (Å²) >= 11 is 1.47. The lowest BCUT2D eigenvalue weighted by Crippen LogP contribution is -2.33. The van der Waals surface area contributed by atoms with Crippen LogP contribution >= 0.6 is 11.3 Å². The van der Waals surface area contributed by atoms with Crippen molar-refractivity contribution in [3.63, 3.8) is 0 Å². The smallest absolute Gasteiger partial charge is 0.310 e. The second kappa shape index (κ2) is 9.14. The minimum Gasteiger partial charge on any atom is -0.464 e. The number of benzene rings is 2. The standard InChI is InChI=1S/C24H20FNO4S/c1-15-4-9-19-17(13-29-20(19)11-15)12-23(28)30-14-22(27)26-24(21-3-2-10-31-21)16-5-7-18(25)8-6-16/h2-11,13,24H,12,14H2,1H3,(H,26,27). The molecule has 4 aromatic rings. The van der Waals surface area contributed by atoms with E-state index in [1.54, 1.807) is 12.1 Å². The van der Waals surface area contributed by atoms with Crippen LogP contribution in [0.1, 0.15) is 27.6 Å². The molecule has 0 saturated heterocycles. The van der Waals surface area contributed by atoms with Gasteiger partial charge >= 0.3 is 5.97 Å². The second-order valence-corrected chi connectivity index (χ2v) is 8.14. The Morgan fingerprint density at radius 2 is 1.97 bits per heavy atom. The highest BCUT2D eigenvalue weighted by atomic mass is 32.1. The number of halogens is 1. The summed E-state index contributed by atoms with van der Waals surface area (Å²) in [5.74, 6) is -1.31. The van der Waals surface area contributed by atoms with Crippen LogP contribution in [0.4, 0.5) is 4.39 Å². The summed E-state index contributed by atoms with van der Waals surface area (Å²) in [5.41, 5.74) is 3.22. The first-order chi connectivity index (χ1) is 15.0. The molecule has 0 saturated carbocycles. The van der Waals surface area contributed by atoms with Gasteiger partial charge in [0.05, 0.1) is 18.7 Å². The van der Waals surface area contributed by atoms with Gasteiger partial charge in [0, 0.05) is 15.8 Å². The molecule has 5 nitrogen and oxygen atoms in total. The van der Waals surface area contributed by atoms with Crippen LogP contribution in [-0.2, 0) is 20.7 Å². The zero-order valence-corrected chi connectivity index (χ0v) is 17.6. The van der Waals surface area contributed by atoms with Crippen LogP contribution in [0.5, 0.6) is 0 Å². The molecule has 0 aliphatic carbocycles. The number of aryl methyl sites for hydroxylation is 1. The molecule has 1 N–H and O–H groups in total. The Morgan fingerprint density at radius 3 is 2.71 bits per heavy atom. The monoisotopic (exact) mass is 437 g/mol. The largest absolute Gasteiger partial charge is 0.464 e. The number of esters is 1.